The fourth-order valence-electron chi connectivity index (χ4n) is 8.71. The molecular weight excluding hydrogens is 1010 g/mol. The van der Waals surface area contributed by atoms with Gasteiger partial charge in [0.15, 0.2) is 6.10 Å². The van der Waals surface area contributed by atoms with Gasteiger partial charge >= 0.3 is 17.9 Å². The van der Waals surface area contributed by atoms with Gasteiger partial charge in [-0.1, -0.05) is 257 Å². The Morgan fingerprint density at radius 1 is 0.383 bits per heavy atom. The van der Waals surface area contributed by atoms with Crippen LogP contribution in [0.5, 0.6) is 0 Å². The van der Waals surface area contributed by atoms with Crippen LogP contribution < -0.4 is 0 Å². The summed E-state index contributed by atoms with van der Waals surface area (Å²) in [4.78, 5) is 37.5. The van der Waals surface area contributed by atoms with Gasteiger partial charge in [-0.25, -0.2) is 4.79 Å². The number of rotatable bonds is 59. The first-order valence-corrected chi connectivity index (χ1v) is 32.7. The number of carbonyl (C=O) groups excluding carboxylic acids is 2. The maximum atomic E-state index is 12.9. The van der Waals surface area contributed by atoms with Crippen molar-refractivity contribution in [2.45, 2.75) is 270 Å². The predicted octanol–water partition coefficient (Wildman–Crippen LogP) is 20.0. The highest BCUT2D eigenvalue weighted by Gasteiger charge is 2.25. The Morgan fingerprint density at radius 2 is 0.704 bits per heavy atom. The number of quaternary nitrogens is 1. The lowest BCUT2D eigenvalue weighted by Gasteiger charge is -2.25. The number of carbonyl (C=O) groups is 3. The molecule has 2 atom stereocenters. The van der Waals surface area contributed by atoms with Gasteiger partial charge in [-0.05, 0) is 109 Å². The molecule has 9 heteroatoms. The quantitative estimate of drug-likeness (QED) is 0.0211. The van der Waals surface area contributed by atoms with Crippen LogP contribution in [0.3, 0.4) is 0 Å². The molecule has 0 aromatic carbocycles. The second-order valence-electron chi connectivity index (χ2n) is 22.7. The average molecular weight is 1130 g/mol. The number of ether oxygens (including phenoxy) is 4. The summed E-state index contributed by atoms with van der Waals surface area (Å²) in [7, 11) is 5.95. The van der Waals surface area contributed by atoms with E-state index in [1.165, 1.54) is 135 Å². The maximum Gasteiger partial charge on any atom is 0.361 e. The zero-order chi connectivity index (χ0) is 59.1. The lowest BCUT2D eigenvalue weighted by Crippen LogP contribution is -2.40. The minimum atomic E-state index is -1.53. The number of aliphatic carboxylic acids is 1. The van der Waals surface area contributed by atoms with Crippen molar-refractivity contribution in [3.63, 3.8) is 0 Å². The molecule has 462 valence electrons. The number of carboxylic acid groups (broad SMARTS) is 1. The van der Waals surface area contributed by atoms with Crippen LogP contribution in [0, 0.1) is 0 Å². The standard InChI is InChI=1S/C72H121NO8/c1-6-8-10-12-14-16-18-20-22-24-26-28-30-32-34-35-37-38-40-42-44-46-48-50-52-54-56-58-60-62-69(74)79-66-68(67-80-72(71(76)77)78-65-64-73(3,4)5)81-70(75)63-61-59-57-55-53-51-49-47-45-43-41-39-36-33-31-29-27-25-23-21-19-17-15-13-11-9-7-2/h9,11,15,17-18,20-21,23-24,26-27,29,33,36,41,43,47,49,53,55,68,72H,6-8,10,12-14,16,19,22,25,28,30-32,34-35,37-40,42,44-46,48,50-52,54,56-67H2,1-5H3/p+1/b11-9-,17-15-,20-18-,23-21-,26-24-,29-27-,36-33-,43-41-,49-47-,55-53-. The molecule has 1 N–H and O–H groups in total. The number of hydrogen-bond acceptors (Lipinski definition) is 7. The molecule has 81 heavy (non-hydrogen) atoms. The molecule has 2 unspecified atom stereocenters. The Labute approximate surface area is 497 Å². The highest BCUT2D eigenvalue weighted by atomic mass is 16.7. The fraction of sp³-hybridized carbons (Fsp3) is 0.681. The second kappa shape index (κ2) is 61.8. The van der Waals surface area contributed by atoms with Gasteiger partial charge in [-0.2, -0.15) is 0 Å². The normalized spacial score (nSPS) is 13.5. The summed E-state index contributed by atoms with van der Waals surface area (Å²) in [6.45, 7) is 4.71. The molecule has 0 saturated carbocycles. The number of carboxylic acids is 1. The summed E-state index contributed by atoms with van der Waals surface area (Å²) in [5.74, 6) is -2.07. The molecule has 0 fully saturated rings. The largest absolute Gasteiger partial charge is 0.477 e. The highest BCUT2D eigenvalue weighted by Crippen LogP contribution is 2.16. The number of nitrogens with zero attached hydrogens (tertiary/aromatic N) is 1. The van der Waals surface area contributed by atoms with Crippen molar-refractivity contribution in [3.8, 4) is 0 Å². The summed E-state index contributed by atoms with van der Waals surface area (Å²) in [5, 5.41) is 9.73. The maximum absolute atomic E-state index is 12.9. The molecule has 0 saturated heterocycles. The third kappa shape index (κ3) is 63.1. The Hall–Kier alpha value is -4.31. The molecule has 0 aromatic heterocycles. The van der Waals surface area contributed by atoms with Crippen LogP contribution in [0.25, 0.3) is 0 Å². The zero-order valence-electron chi connectivity index (χ0n) is 52.7. The van der Waals surface area contributed by atoms with E-state index >= 15 is 0 Å². The van der Waals surface area contributed by atoms with Crippen molar-refractivity contribution >= 4 is 17.9 Å². The number of hydrogen-bond donors (Lipinski definition) is 1. The lowest BCUT2D eigenvalue weighted by molar-refractivity contribution is -0.870. The number of unbranched alkanes of at least 4 members (excludes halogenated alkanes) is 24. The molecule has 0 heterocycles. The van der Waals surface area contributed by atoms with E-state index in [-0.39, 0.29) is 38.6 Å². The summed E-state index contributed by atoms with van der Waals surface area (Å²) in [5.41, 5.74) is 0. The number of likely N-dealkylation sites (N-methyl/N-ethyl adjacent to an activating group) is 1. The lowest BCUT2D eigenvalue weighted by atomic mass is 10.0. The van der Waals surface area contributed by atoms with Gasteiger partial charge in [0.2, 0.25) is 0 Å². The van der Waals surface area contributed by atoms with E-state index in [1.807, 2.05) is 21.1 Å². The smallest absolute Gasteiger partial charge is 0.361 e. The monoisotopic (exact) mass is 1130 g/mol. The van der Waals surface area contributed by atoms with Gasteiger partial charge in [0.05, 0.1) is 34.4 Å². The highest BCUT2D eigenvalue weighted by molar-refractivity contribution is 5.71. The van der Waals surface area contributed by atoms with E-state index in [1.54, 1.807) is 0 Å². The Bertz CT molecular complexity index is 1740. The van der Waals surface area contributed by atoms with Gasteiger partial charge in [0.1, 0.15) is 13.2 Å². The molecule has 0 aliphatic rings. The van der Waals surface area contributed by atoms with Gasteiger partial charge in [0, 0.05) is 12.8 Å². The van der Waals surface area contributed by atoms with Gasteiger partial charge in [-0.3, -0.25) is 9.59 Å². The van der Waals surface area contributed by atoms with Crippen molar-refractivity contribution in [1.29, 1.82) is 0 Å². The van der Waals surface area contributed by atoms with Gasteiger partial charge in [0.25, 0.3) is 6.29 Å². The summed E-state index contributed by atoms with van der Waals surface area (Å²) in [6.07, 6.45) is 84.4. The van der Waals surface area contributed by atoms with E-state index in [4.69, 9.17) is 18.9 Å². The van der Waals surface area contributed by atoms with Gasteiger partial charge < -0.3 is 28.5 Å². The molecule has 9 nitrogen and oxygen atoms in total. The first-order chi connectivity index (χ1) is 39.6. The van der Waals surface area contributed by atoms with Gasteiger partial charge in [-0.15, -0.1) is 0 Å². The van der Waals surface area contributed by atoms with E-state index in [0.717, 1.165) is 89.9 Å². The van der Waals surface area contributed by atoms with E-state index in [2.05, 4.69) is 135 Å². The molecule has 0 spiro atoms. The van der Waals surface area contributed by atoms with Crippen LogP contribution >= 0.6 is 0 Å². The van der Waals surface area contributed by atoms with Crippen LogP contribution in [-0.2, 0) is 33.3 Å². The van der Waals surface area contributed by atoms with Crippen molar-refractivity contribution in [1.82, 2.24) is 0 Å². The molecule has 0 rings (SSSR count). The Kier molecular flexibility index (Phi) is 58.5. The first kappa shape index (κ1) is 76.7. The third-order valence-corrected chi connectivity index (χ3v) is 13.7. The second-order valence-corrected chi connectivity index (χ2v) is 22.7. The van der Waals surface area contributed by atoms with E-state index in [0.29, 0.717) is 17.4 Å². The van der Waals surface area contributed by atoms with Crippen LogP contribution in [0.1, 0.15) is 258 Å². The Balaban J connectivity index is 4.26. The van der Waals surface area contributed by atoms with Crippen molar-refractivity contribution < 1.29 is 42.9 Å². The zero-order valence-corrected chi connectivity index (χ0v) is 52.7. The molecule has 0 aromatic rings. The SMILES string of the molecule is CC/C=C\C/C=C\C/C=C\C/C=C\C/C=C\C/C=C\C/C=C\C/C=C\CCCCC(=O)OC(COC(=O)CCCCCCCCCCCCCCCCCCC/C=C\C/C=C\CCCCCCC)COC(OCC[N+](C)(C)C)C(=O)O. The van der Waals surface area contributed by atoms with Crippen molar-refractivity contribution in [2.75, 3.05) is 47.5 Å². The summed E-state index contributed by atoms with van der Waals surface area (Å²) in [6, 6.07) is 0. The molecule has 0 aliphatic heterocycles. The third-order valence-electron chi connectivity index (χ3n) is 13.7. The predicted molar refractivity (Wildman–Crippen MR) is 345 cm³/mol. The average Bonchev–Trinajstić information content (AvgIpc) is 3.44. The molecular formula is C72H122NO8+. The van der Waals surface area contributed by atoms with Crippen LogP contribution in [-0.4, -0.2) is 87.4 Å². The molecule has 0 aliphatic carbocycles. The van der Waals surface area contributed by atoms with E-state index in [9.17, 15) is 19.5 Å². The van der Waals surface area contributed by atoms with Crippen molar-refractivity contribution in [2.24, 2.45) is 0 Å². The van der Waals surface area contributed by atoms with Crippen LogP contribution in [0.4, 0.5) is 0 Å². The minimum Gasteiger partial charge on any atom is -0.477 e. The molecule has 0 bridgehead atoms. The summed E-state index contributed by atoms with van der Waals surface area (Å²) < 4.78 is 22.9. The fourth-order valence-corrected chi connectivity index (χ4v) is 8.71. The minimum absolute atomic E-state index is 0.173. The number of esters is 2. The van der Waals surface area contributed by atoms with E-state index < -0.39 is 24.3 Å². The van der Waals surface area contributed by atoms with Crippen LogP contribution in [0.15, 0.2) is 122 Å². The van der Waals surface area contributed by atoms with Crippen LogP contribution in [0.2, 0.25) is 0 Å². The first-order valence-electron chi connectivity index (χ1n) is 32.7. The Morgan fingerprint density at radius 3 is 1.07 bits per heavy atom. The summed E-state index contributed by atoms with van der Waals surface area (Å²) >= 11 is 0. The molecule has 0 amide bonds. The van der Waals surface area contributed by atoms with Crippen molar-refractivity contribution in [3.05, 3.63) is 122 Å². The number of allylic oxidation sites excluding steroid dienone is 20. The molecule has 0 radical (unpaired) electrons. The topological polar surface area (TPSA) is 108 Å².